The summed E-state index contributed by atoms with van der Waals surface area (Å²) in [6.07, 6.45) is 0.295. The number of hydrogen-bond donors (Lipinski definition) is 0. The maximum absolute atomic E-state index is 13.7. The van der Waals surface area contributed by atoms with Gasteiger partial charge >= 0.3 is 11.9 Å². The number of esters is 2. The zero-order chi connectivity index (χ0) is 21.0. The van der Waals surface area contributed by atoms with Crippen LogP contribution >= 0.6 is 31.9 Å². The van der Waals surface area contributed by atoms with Crippen molar-refractivity contribution in [2.75, 3.05) is 6.61 Å². The first-order valence-corrected chi connectivity index (χ1v) is 10.9. The third-order valence-electron chi connectivity index (χ3n) is 6.01. The van der Waals surface area contributed by atoms with Gasteiger partial charge in [-0.2, -0.15) is 0 Å². The van der Waals surface area contributed by atoms with Gasteiger partial charge in [0.25, 0.3) is 0 Å². The number of rotatable bonds is 5. The van der Waals surface area contributed by atoms with Crippen molar-refractivity contribution < 1.29 is 23.9 Å². The van der Waals surface area contributed by atoms with Crippen molar-refractivity contribution in [1.29, 1.82) is 0 Å². The molecular formula is C22H18Br2O5. The molecule has 1 aliphatic carbocycles. The number of carbonyl (C=O) groups excluding carboxylic acids is 3. The van der Waals surface area contributed by atoms with Crippen molar-refractivity contribution in [3.05, 3.63) is 62.5 Å². The molecule has 7 heteroatoms. The highest BCUT2D eigenvalue weighted by Crippen LogP contribution is 2.80. The van der Waals surface area contributed by atoms with Crippen LogP contribution in [0.4, 0.5) is 0 Å². The average Bonchev–Trinajstić information content (AvgIpc) is 3.36. The molecule has 2 aromatic rings. The number of ketones is 1. The third-order valence-corrected chi connectivity index (χ3v) is 7.05. The van der Waals surface area contributed by atoms with Gasteiger partial charge in [-0.15, -0.1) is 0 Å². The van der Waals surface area contributed by atoms with E-state index in [0.29, 0.717) is 27.8 Å². The Bertz CT molecular complexity index is 1030. The summed E-state index contributed by atoms with van der Waals surface area (Å²) in [5.41, 5.74) is -1.85. The Labute approximate surface area is 185 Å². The van der Waals surface area contributed by atoms with E-state index in [2.05, 4.69) is 31.9 Å². The van der Waals surface area contributed by atoms with Crippen LogP contribution in [0.3, 0.4) is 0 Å². The number of hydrogen-bond acceptors (Lipinski definition) is 5. The molecule has 1 aliphatic heterocycles. The van der Waals surface area contributed by atoms with Crippen LogP contribution in [0.1, 0.15) is 42.1 Å². The first-order chi connectivity index (χ1) is 13.9. The van der Waals surface area contributed by atoms with Crippen molar-refractivity contribution in [1.82, 2.24) is 0 Å². The predicted octanol–water partition coefficient (Wildman–Crippen LogP) is 5.06. The normalized spacial score (nSPS) is 26.8. The first-order valence-electron chi connectivity index (χ1n) is 9.34. The summed E-state index contributed by atoms with van der Waals surface area (Å²) in [5, 5.41) is 0. The Morgan fingerprint density at radius 1 is 1.14 bits per heavy atom. The zero-order valence-electron chi connectivity index (χ0n) is 15.8. The van der Waals surface area contributed by atoms with Gasteiger partial charge in [0.05, 0.1) is 16.5 Å². The van der Waals surface area contributed by atoms with Crippen molar-refractivity contribution in [2.45, 2.75) is 26.2 Å². The second-order valence-electron chi connectivity index (χ2n) is 7.18. The van der Waals surface area contributed by atoms with Crippen LogP contribution in [-0.4, -0.2) is 24.3 Å². The SMILES string of the molecule is CCOC(=O)[C@]12C(=O)Oc3c(Br)cc(Br)cc3[C@H]1[C@@]2(CC)C(=O)c1ccccc1. The van der Waals surface area contributed by atoms with Crippen LogP contribution < -0.4 is 4.74 Å². The molecule has 0 amide bonds. The Balaban J connectivity index is 1.98. The lowest BCUT2D eigenvalue weighted by Crippen LogP contribution is -2.40. The predicted molar refractivity (Wildman–Crippen MR) is 113 cm³/mol. The van der Waals surface area contributed by atoms with Crippen LogP contribution in [0, 0.1) is 10.8 Å². The molecule has 2 aromatic carbocycles. The van der Waals surface area contributed by atoms with Gasteiger partial charge in [0, 0.05) is 21.5 Å². The fraction of sp³-hybridized carbons (Fsp3) is 0.318. The topological polar surface area (TPSA) is 69.7 Å². The molecule has 0 unspecified atom stereocenters. The quantitative estimate of drug-likeness (QED) is 0.238. The minimum absolute atomic E-state index is 0.106. The average molecular weight is 522 g/mol. The Hall–Kier alpha value is -1.99. The monoisotopic (exact) mass is 520 g/mol. The summed E-state index contributed by atoms with van der Waals surface area (Å²) in [6, 6.07) is 12.3. The summed E-state index contributed by atoms with van der Waals surface area (Å²) in [7, 11) is 0. The molecule has 0 saturated heterocycles. The lowest BCUT2D eigenvalue weighted by molar-refractivity contribution is -0.162. The van der Waals surface area contributed by atoms with Crippen LogP contribution in [0.15, 0.2) is 51.4 Å². The van der Waals surface area contributed by atoms with E-state index in [-0.39, 0.29) is 12.4 Å². The van der Waals surface area contributed by atoms with Crippen molar-refractivity contribution in [3.8, 4) is 5.75 Å². The van der Waals surface area contributed by atoms with Gasteiger partial charge in [0.15, 0.2) is 11.2 Å². The molecular weight excluding hydrogens is 504 g/mol. The fourth-order valence-corrected chi connectivity index (χ4v) is 6.18. The molecule has 1 fully saturated rings. The maximum atomic E-state index is 13.7. The van der Waals surface area contributed by atoms with Gasteiger partial charge in [-0.25, -0.2) is 0 Å². The summed E-state index contributed by atoms with van der Waals surface area (Å²) in [6.45, 7) is 3.60. The molecule has 4 rings (SSSR count). The van der Waals surface area contributed by atoms with Gasteiger partial charge in [0.2, 0.25) is 0 Å². The minimum atomic E-state index is -1.68. The van der Waals surface area contributed by atoms with Crippen LogP contribution in [0.25, 0.3) is 0 Å². The highest BCUT2D eigenvalue weighted by Gasteiger charge is 2.90. The summed E-state index contributed by atoms with van der Waals surface area (Å²) in [5.74, 6) is -2.00. The number of carbonyl (C=O) groups is 3. The van der Waals surface area contributed by atoms with E-state index in [9.17, 15) is 14.4 Å². The van der Waals surface area contributed by atoms with Gasteiger partial charge in [-0.1, -0.05) is 53.2 Å². The Kier molecular flexibility index (Phi) is 4.94. The van der Waals surface area contributed by atoms with Crippen molar-refractivity contribution in [2.24, 2.45) is 10.8 Å². The molecule has 0 N–H and O–H groups in total. The second-order valence-corrected chi connectivity index (χ2v) is 8.95. The highest BCUT2D eigenvalue weighted by molar-refractivity contribution is 9.11. The molecule has 29 heavy (non-hydrogen) atoms. The smallest absolute Gasteiger partial charge is 0.330 e. The molecule has 2 aliphatic rings. The van der Waals surface area contributed by atoms with E-state index in [4.69, 9.17) is 9.47 Å². The third kappa shape index (κ3) is 2.53. The Morgan fingerprint density at radius 3 is 2.45 bits per heavy atom. The molecule has 3 atom stereocenters. The summed E-state index contributed by atoms with van der Waals surface area (Å²) < 4.78 is 12.3. The van der Waals surface area contributed by atoms with Crippen LogP contribution in [-0.2, 0) is 14.3 Å². The van der Waals surface area contributed by atoms with Crippen LogP contribution in [0.2, 0.25) is 0 Å². The summed E-state index contributed by atoms with van der Waals surface area (Å²) in [4.78, 5) is 40.2. The number of halogens is 2. The minimum Gasteiger partial charge on any atom is -0.465 e. The van der Waals surface area contributed by atoms with E-state index in [0.717, 1.165) is 4.47 Å². The van der Waals surface area contributed by atoms with Gasteiger partial charge in [-0.05, 0) is 41.4 Å². The molecule has 150 valence electrons. The number of benzene rings is 2. The van der Waals surface area contributed by atoms with E-state index in [1.807, 2.05) is 13.0 Å². The van der Waals surface area contributed by atoms with Gasteiger partial charge in [-0.3, -0.25) is 14.4 Å². The van der Waals surface area contributed by atoms with E-state index < -0.39 is 28.7 Å². The summed E-state index contributed by atoms with van der Waals surface area (Å²) >= 11 is 6.88. The lowest BCUT2D eigenvalue weighted by Gasteiger charge is -2.23. The van der Waals surface area contributed by atoms with Crippen molar-refractivity contribution >= 4 is 49.6 Å². The van der Waals surface area contributed by atoms with Crippen molar-refractivity contribution in [3.63, 3.8) is 0 Å². The standard InChI is InChI=1S/C22H18Br2O5/c1-3-21(18(25)12-8-6-5-7-9-12)17-14-10-13(23)11-15(24)16(14)29-20(27)22(17,21)19(26)28-4-2/h5-11,17H,3-4H2,1-2H3/t17-,21-,22-/m0/s1. The number of Topliss-reactive ketones (excluding diaryl/α,β-unsaturated/α-hetero) is 1. The lowest BCUT2D eigenvalue weighted by atomic mass is 9.83. The van der Waals surface area contributed by atoms with Gasteiger partial charge < -0.3 is 9.47 Å². The zero-order valence-corrected chi connectivity index (χ0v) is 19.0. The fourth-order valence-electron chi connectivity index (χ4n) is 4.84. The first kappa shape index (κ1) is 20.3. The van der Waals surface area contributed by atoms with E-state index >= 15 is 0 Å². The highest BCUT2D eigenvalue weighted by atomic mass is 79.9. The molecule has 0 aromatic heterocycles. The molecule has 0 bridgehead atoms. The number of ether oxygens (including phenoxy) is 2. The molecule has 0 spiro atoms. The van der Waals surface area contributed by atoms with Gasteiger partial charge in [0.1, 0.15) is 5.75 Å². The van der Waals surface area contributed by atoms with E-state index in [1.54, 1.807) is 43.3 Å². The number of fused-ring (bicyclic) bond motifs is 3. The molecule has 5 nitrogen and oxygen atoms in total. The molecule has 1 saturated carbocycles. The molecule has 1 heterocycles. The second kappa shape index (κ2) is 7.06. The van der Waals surface area contributed by atoms with E-state index in [1.165, 1.54) is 0 Å². The van der Waals surface area contributed by atoms with Crippen LogP contribution in [0.5, 0.6) is 5.75 Å². The Morgan fingerprint density at radius 2 is 1.83 bits per heavy atom. The molecule has 0 radical (unpaired) electrons. The maximum Gasteiger partial charge on any atom is 0.330 e. The largest absolute Gasteiger partial charge is 0.465 e.